The van der Waals surface area contributed by atoms with E-state index in [-0.39, 0.29) is 12.4 Å². The van der Waals surface area contributed by atoms with Gasteiger partial charge in [0.05, 0.1) is 6.61 Å². The molecule has 2 atom stereocenters. The van der Waals surface area contributed by atoms with Gasteiger partial charge in [-0.1, -0.05) is 25.8 Å². The normalized spacial score (nSPS) is 22.2. The fraction of sp³-hybridized carbons (Fsp3) is 0.867. The second-order valence-corrected chi connectivity index (χ2v) is 10.2. The summed E-state index contributed by atoms with van der Waals surface area (Å²) in [6.07, 6.45) is 7.53. The molecule has 1 aliphatic rings. The van der Waals surface area contributed by atoms with E-state index >= 15 is 0 Å². The lowest BCUT2D eigenvalue weighted by Crippen LogP contribution is -2.36. The highest BCUT2D eigenvalue weighted by Crippen LogP contribution is 2.19. The van der Waals surface area contributed by atoms with E-state index in [2.05, 4.69) is 26.6 Å². The second-order valence-electron chi connectivity index (χ2n) is 5.88. The summed E-state index contributed by atoms with van der Waals surface area (Å²) in [6, 6.07) is 1.22. The monoisotopic (exact) mass is 286 g/mol. The van der Waals surface area contributed by atoms with E-state index in [0.29, 0.717) is 6.61 Å². The van der Waals surface area contributed by atoms with Crippen LogP contribution in [0.5, 0.6) is 0 Å². The first kappa shape index (κ1) is 16.9. The topological polar surface area (TPSA) is 27.7 Å². The van der Waals surface area contributed by atoms with Crippen LogP contribution in [-0.4, -0.2) is 33.9 Å². The van der Waals surface area contributed by atoms with Crippen LogP contribution in [0.3, 0.4) is 0 Å². The molecule has 0 bridgehead atoms. The van der Waals surface area contributed by atoms with Crippen molar-refractivity contribution in [3.8, 4) is 0 Å². The molecule has 2 unspecified atom stereocenters. The number of rotatable bonds is 9. The maximum absolute atomic E-state index is 6.11. The van der Waals surface area contributed by atoms with Gasteiger partial charge >= 0.3 is 0 Å². The SMILES string of the molecule is C=CC(CO[Si](C)(C)CCCC)OC1CCCCO1. The minimum atomic E-state index is -1.54. The van der Waals surface area contributed by atoms with Gasteiger partial charge in [0.15, 0.2) is 14.6 Å². The van der Waals surface area contributed by atoms with E-state index in [1.807, 2.05) is 6.08 Å². The highest BCUT2D eigenvalue weighted by molar-refractivity contribution is 6.71. The third kappa shape index (κ3) is 7.25. The summed E-state index contributed by atoms with van der Waals surface area (Å²) in [5.41, 5.74) is 0. The third-order valence-corrected chi connectivity index (χ3v) is 6.00. The third-order valence-electron chi connectivity index (χ3n) is 3.50. The van der Waals surface area contributed by atoms with Gasteiger partial charge in [0.1, 0.15) is 6.10 Å². The van der Waals surface area contributed by atoms with Crippen LogP contribution in [0.4, 0.5) is 0 Å². The van der Waals surface area contributed by atoms with Crippen molar-refractivity contribution in [3.63, 3.8) is 0 Å². The lowest BCUT2D eigenvalue weighted by Gasteiger charge is -2.29. The maximum Gasteiger partial charge on any atom is 0.186 e. The predicted octanol–water partition coefficient (Wildman–Crippen LogP) is 4.11. The molecular formula is C15H30O3Si. The molecule has 0 amide bonds. The molecule has 0 N–H and O–H groups in total. The van der Waals surface area contributed by atoms with E-state index in [9.17, 15) is 0 Å². The second kappa shape index (κ2) is 8.90. The Morgan fingerprint density at radius 2 is 2.21 bits per heavy atom. The van der Waals surface area contributed by atoms with E-state index in [4.69, 9.17) is 13.9 Å². The van der Waals surface area contributed by atoms with Gasteiger partial charge in [-0.15, -0.1) is 6.58 Å². The number of unbranched alkanes of at least 4 members (excludes halogenated alkanes) is 1. The van der Waals surface area contributed by atoms with Crippen LogP contribution in [0.1, 0.15) is 39.0 Å². The van der Waals surface area contributed by atoms with Gasteiger partial charge in [0, 0.05) is 6.61 Å². The summed E-state index contributed by atoms with van der Waals surface area (Å²) in [4.78, 5) is 0. The number of ether oxygens (including phenoxy) is 2. The Bertz CT molecular complexity index is 250. The molecule has 1 saturated heterocycles. The minimum absolute atomic E-state index is 0.0449. The fourth-order valence-electron chi connectivity index (χ4n) is 2.16. The molecule has 19 heavy (non-hydrogen) atoms. The first-order valence-electron chi connectivity index (χ1n) is 7.61. The average molecular weight is 286 g/mol. The molecular weight excluding hydrogens is 256 g/mol. The summed E-state index contributed by atoms with van der Waals surface area (Å²) in [5, 5.41) is 0. The lowest BCUT2D eigenvalue weighted by atomic mass is 10.2. The highest BCUT2D eigenvalue weighted by atomic mass is 28.4. The summed E-state index contributed by atoms with van der Waals surface area (Å²) in [7, 11) is -1.54. The maximum atomic E-state index is 6.11. The molecule has 3 nitrogen and oxygen atoms in total. The van der Waals surface area contributed by atoms with Gasteiger partial charge in [0.25, 0.3) is 0 Å². The van der Waals surface area contributed by atoms with Crippen LogP contribution in [-0.2, 0) is 13.9 Å². The van der Waals surface area contributed by atoms with Crippen molar-refractivity contribution in [3.05, 3.63) is 12.7 Å². The van der Waals surface area contributed by atoms with Gasteiger partial charge in [-0.05, 0) is 38.4 Å². The zero-order valence-corrected chi connectivity index (χ0v) is 13.8. The lowest BCUT2D eigenvalue weighted by molar-refractivity contribution is -0.183. The van der Waals surface area contributed by atoms with E-state index in [0.717, 1.165) is 19.4 Å². The van der Waals surface area contributed by atoms with Gasteiger partial charge < -0.3 is 13.9 Å². The van der Waals surface area contributed by atoms with Crippen molar-refractivity contribution < 1.29 is 13.9 Å². The molecule has 1 rings (SSSR count). The number of hydrogen-bond donors (Lipinski definition) is 0. The standard InChI is InChI=1S/C15H30O3Si/c1-5-7-12-19(3,4)17-13-14(6-2)18-15-10-8-9-11-16-15/h6,14-15H,2,5,7-13H2,1,3-4H3. The Morgan fingerprint density at radius 3 is 2.79 bits per heavy atom. The largest absolute Gasteiger partial charge is 0.414 e. The van der Waals surface area contributed by atoms with Crippen LogP contribution in [0.2, 0.25) is 19.1 Å². The van der Waals surface area contributed by atoms with Crippen molar-refractivity contribution in [1.29, 1.82) is 0 Å². The van der Waals surface area contributed by atoms with Crippen LogP contribution in [0.25, 0.3) is 0 Å². The van der Waals surface area contributed by atoms with Gasteiger partial charge in [0.2, 0.25) is 0 Å². The van der Waals surface area contributed by atoms with Crippen molar-refractivity contribution in [2.75, 3.05) is 13.2 Å². The van der Waals surface area contributed by atoms with Crippen LogP contribution in [0, 0.1) is 0 Å². The molecule has 1 aliphatic heterocycles. The molecule has 112 valence electrons. The molecule has 0 aromatic heterocycles. The highest BCUT2D eigenvalue weighted by Gasteiger charge is 2.24. The first-order valence-corrected chi connectivity index (χ1v) is 10.7. The van der Waals surface area contributed by atoms with Crippen molar-refractivity contribution in [2.24, 2.45) is 0 Å². The Hall–Kier alpha value is -0.163. The quantitative estimate of drug-likeness (QED) is 0.471. The van der Waals surface area contributed by atoms with Crippen LogP contribution < -0.4 is 0 Å². The zero-order chi connectivity index (χ0) is 14.1. The molecule has 0 saturated carbocycles. The molecule has 0 aromatic rings. The Labute approximate surface area is 119 Å². The van der Waals surface area contributed by atoms with Crippen molar-refractivity contribution >= 4 is 8.32 Å². The molecule has 0 aromatic carbocycles. The van der Waals surface area contributed by atoms with E-state index in [1.54, 1.807) is 0 Å². The summed E-state index contributed by atoms with van der Waals surface area (Å²) < 4.78 is 17.6. The van der Waals surface area contributed by atoms with Gasteiger partial charge in [-0.2, -0.15) is 0 Å². The minimum Gasteiger partial charge on any atom is -0.414 e. The Kier molecular flexibility index (Phi) is 7.91. The zero-order valence-electron chi connectivity index (χ0n) is 12.8. The van der Waals surface area contributed by atoms with Crippen LogP contribution in [0.15, 0.2) is 12.7 Å². The molecule has 0 radical (unpaired) electrons. The average Bonchev–Trinajstić information content (AvgIpc) is 2.42. The smallest absolute Gasteiger partial charge is 0.186 e. The molecule has 4 heteroatoms. The molecule has 0 spiro atoms. The van der Waals surface area contributed by atoms with Crippen molar-refractivity contribution in [2.45, 2.75) is 70.6 Å². The van der Waals surface area contributed by atoms with E-state index < -0.39 is 8.32 Å². The molecule has 1 heterocycles. The van der Waals surface area contributed by atoms with Gasteiger partial charge in [-0.25, -0.2) is 0 Å². The fourth-order valence-corrected chi connectivity index (χ4v) is 4.12. The number of hydrogen-bond acceptors (Lipinski definition) is 3. The molecule has 1 fully saturated rings. The first-order chi connectivity index (χ1) is 9.07. The Balaban J connectivity index is 2.28. The van der Waals surface area contributed by atoms with Gasteiger partial charge in [-0.3, -0.25) is 0 Å². The summed E-state index contributed by atoms with van der Waals surface area (Å²) in [5.74, 6) is 0. The van der Waals surface area contributed by atoms with Crippen LogP contribution >= 0.6 is 0 Å². The Morgan fingerprint density at radius 1 is 1.42 bits per heavy atom. The van der Waals surface area contributed by atoms with Crippen molar-refractivity contribution in [1.82, 2.24) is 0 Å². The molecule has 0 aliphatic carbocycles. The summed E-state index contributed by atoms with van der Waals surface area (Å²) in [6.45, 7) is 12.1. The van der Waals surface area contributed by atoms with E-state index in [1.165, 1.54) is 25.3 Å². The summed E-state index contributed by atoms with van der Waals surface area (Å²) >= 11 is 0. The predicted molar refractivity (Wildman–Crippen MR) is 81.8 cm³/mol.